The molecule has 0 saturated heterocycles. The summed E-state index contributed by atoms with van der Waals surface area (Å²) >= 11 is 0. The van der Waals surface area contributed by atoms with Crippen molar-refractivity contribution in [2.45, 2.75) is 26.4 Å². The van der Waals surface area contributed by atoms with E-state index in [0.717, 1.165) is 11.3 Å². The van der Waals surface area contributed by atoms with Gasteiger partial charge in [-0.2, -0.15) is 9.89 Å². The van der Waals surface area contributed by atoms with E-state index in [1.807, 2.05) is 37.3 Å². The standard InChI is InChI=1S/C22H19N7O3/c1-14-11-19(27-29(14)28-20(30)18-8-10-23-13-24-18)17-6-4-5-16(12-17)7-9-22(3,31)21-26-25-15(2)32-21/h4-6,8,10-13,31H,1-3H3,(H,28,30)/t22-/m1/s1. The molecule has 0 saturated carbocycles. The fraction of sp³-hybridized carbons (Fsp3) is 0.182. The van der Waals surface area contributed by atoms with Crippen LogP contribution in [0.1, 0.15) is 40.5 Å². The predicted molar refractivity (Wildman–Crippen MR) is 114 cm³/mol. The minimum Gasteiger partial charge on any atom is -0.421 e. The number of aliphatic hydroxyl groups is 1. The summed E-state index contributed by atoms with van der Waals surface area (Å²) in [6, 6.07) is 10.7. The number of rotatable bonds is 4. The van der Waals surface area contributed by atoms with E-state index in [1.165, 1.54) is 30.3 Å². The van der Waals surface area contributed by atoms with Crippen molar-refractivity contribution in [1.82, 2.24) is 30.1 Å². The molecule has 4 rings (SSSR count). The van der Waals surface area contributed by atoms with Crippen molar-refractivity contribution >= 4 is 5.91 Å². The van der Waals surface area contributed by atoms with Crippen molar-refractivity contribution in [3.05, 3.63) is 77.7 Å². The fourth-order valence-corrected chi connectivity index (χ4v) is 2.80. The van der Waals surface area contributed by atoms with E-state index in [0.29, 0.717) is 17.1 Å². The Hall–Kier alpha value is -4.36. The second-order valence-electron chi connectivity index (χ2n) is 7.15. The molecular formula is C22H19N7O3. The molecule has 160 valence electrons. The molecule has 10 nitrogen and oxygen atoms in total. The second-order valence-corrected chi connectivity index (χ2v) is 7.15. The van der Waals surface area contributed by atoms with Crippen LogP contribution in [0.4, 0.5) is 0 Å². The number of amides is 1. The Labute approximate surface area is 183 Å². The van der Waals surface area contributed by atoms with Crippen LogP contribution in [-0.2, 0) is 5.60 Å². The number of hydrogen-bond donors (Lipinski definition) is 2. The average molecular weight is 429 g/mol. The van der Waals surface area contributed by atoms with Crippen LogP contribution in [0.25, 0.3) is 11.3 Å². The van der Waals surface area contributed by atoms with Crippen LogP contribution in [0.5, 0.6) is 0 Å². The summed E-state index contributed by atoms with van der Waals surface area (Å²) in [6.45, 7) is 4.95. The molecule has 0 aliphatic carbocycles. The van der Waals surface area contributed by atoms with Crippen molar-refractivity contribution in [1.29, 1.82) is 0 Å². The third kappa shape index (κ3) is 4.53. The zero-order valence-corrected chi connectivity index (χ0v) is 17.6. The van der Waals surface area contributed by atoms with E-state index in [-0.39, 0.29) is 11.6 Å². The molecule has 0 bridgehead atoms. The number of nitrogens with zero attached hydrogens (tertiary/aromatic N) is 6. The van der Waals surface area contributed by atoms with Gasteiger partial charge in [0, 0.05) is 24.2 Å². The minimum absolute atomic E-state index is 0.0347. The fourth-order valence-electron chi connectivity index (χ4n) is 2.80. The first kappa shape index (κ1) is 20.9. The van der Waals surface area contributed by atoms with Gasteiger partial charge in [0.2, 0.25) is 11.5 Å². The van der Waals surface area contributed by atoms with Gasteiger partial charge in [-0.25, -0.2) is 15.4 Å². The molecular weight excluding hydrogens is 410 g/mol. The average Bonchev–Trinajstić information content (AvgIpc) is 3.39. The Morgan fingerprint density at radius 2 is 2.06 bits per heavy atom. The minimum atomic E-state index is -1.58. The van der Waals surface area contributed by atoms with E-state index < -0.39 is 11.5 Å². The monoisotopic (exact) mass is 429 g/mol. The van der Waals surface area contributed by atoms with Gasteiger partial charge in [-0.1, -0.05) is 24.0 Å². The van der Waals surface area contributed by atoms with Crippen LogP contribution in [0.3, 0.4) is 0 Å². The number of benzene rings is 1. The number of nitrogens with one attached hydrogen (secondary N) is 1. The lowest BCUT2D eigenvalue weighted by atomic mass is 10.1. The zero-order chi connectivity index (χ0) is 22.7. The van der Waals surface area contributed by atoms with E-state index in [1.54, 1.807) is 6.92 Å². The normalized spacial score (nSPS) is 12.5. The molecule has 4 aromatic rings. The highest BCUT2D eigenvalue weighted by Gasteiger charge is 2.27. The van der Waals surface area contributed by atoms with Gasteiger partial charge < -0.3 is 9.52 Å². The van der Waals surface area contributed by atoms with E-state index >= 15 is 0 Å². The first-order chi connectivity index (χ1) is 15.3. The van der Waals surface area contributed by atoms with Crippen LogP contribution in [0.2, 0.25) is 0 Å². The van der Waals surface area contributed by atoms with Crippen molar-refractivity contribution in [3.8, 4) is 23.1 Å². The number of carbonyl (C=O) groups excluding carboxylic acids is 1. The maximum Gasteiger partial charge on any atom is 0.290 e. The lowest BCUT2D eigenvalue weighted by molar-refractivity contribution is 0.0881. The molecule has 0 aliphatic rings. The largest absolute Gasteiger partial charge is 0.421 e. The highest BCUT2D eigenvalue weighted by molar-refractivity contribution is 5.98. The van der Waals surface area contributed by atoms with Gasteiger partial charge in [0.1, 0.15) is 12.0 Å². The number of hydrogen-bond acceptors (Lipinski definition) is 8. The van der Waals surface area contributed by atoms with Gasteiger partial charge in [-0.3, -0.25) is 4.79 Å². The summed E-state index contributed by atoms with van der Waals surface area (Å²) in [7, 11) is 0. The number of aryl methyl sites for hydroxylation is 2. The van der Waals surface area contributed by atoms with Crippen molar-refractivity contribution in [2.24, 2.45) is 0 Å². The maximum atomic E-state index is 12.3. The van der Waals surface area contributed by atoms with Crippen LogP contribution in [-0.4, -0.2) is 41.1 Å². The molecule has 0 radical (unpaired) electrons. The second kappa shape index (κ2) is 8.41. The van der Waals surface area contributed by atoms with Gasteiger partial charge >= 0.3 is 0 Å². The third-order valence-corrected chi connectivity index (χ3v) is 4.46. The molecule has 2 N–H and O–H groups in total. The molecule has 0 fully saturated rings. The molecule has 3 aromatic heterocycles. The molecule has 1 atom stereocenters. The Morgan fingerprint density at radius 3 is 2.78 bits per heavy atom. The van der Waals surface area contributed by atoms with Crippen molar-refractivity contribution < 1.29 is 14.3 Å². The highest BCUT2D eigenvalue weighted by atomic mass is 16.4. The smallest absolute Gasteiger partial charge is 0.290 e. The molecule has 10 heteroatoms. The maximum absolute atomic E-state index is 12.3. The van der Waals surface area contributed by atoms with Crippen LogP contribution >= 0.6 is 0 Å². The van der Waals surface area contributed by atoms with Crippen LogP contribution in [0, 0.1) is 25.7 Å². The van der Waals surface area contributed by atoms with Gasteiger partial charge in [0.15, 0.2) is 0 Å². The number of aromatic nitrogens is 6. The summed E-state index contributed by atoms with van der Waals surface area (Å²) in [5.74, 6) is 5.67. The first-order valence-corrected chi connectivity index (χ1v) is 9.62. The molecule has 32 heavy (non-hydrogen) atoms. The summed E-state index contributed by atoms with van der Waals surface area (Å²) in [4.78, 5) is 21.5. The Bertz CT molecular complexity index is 1330. The first-order valence-electron chi connectivity index (χ1n) is 9.62. The third-order valence-electron chi connectivity index (χ3n) is 4.46. The van der Waals surface area contributed by atoms with E-state index in [4.69, 9.17) is 4.42 Å². The van der Waals surface area contributed by atoms with E-state index in [9.17, 15) is 9.90 Å². The summed E-state index contributed by atoms with van der Waals surface area (Å²) in [5.41, 5.74) is 4.17. The number of carbonyl (C=O) groups is 1. The molecule has 0 aliphatic heterocycles. The Kier molecular flexibility index (Phi) is 5.49. The lowest BCUT2D eigenvalue weighted by Crippen LogP contribution is -2.25. The highest BCUT2D eigenvalue weighted by Crippen LogP contribution is 2.21. The Balaban J connectivity index is 1.56. The van der Waals surface area contributed by atoms with E-state index in [2.05, 4.69) is 42.5 Å². The van der Waals surface area contributed by atoms with Gasteiger partial charge in [-0.15, -0.1) is 10.2 Å². The van der Waals surface area contributed by atoms with Gasteiger partial charge in [-0.05, 0) is 38.1 Å². The summed E-state index contributed by atoms with van der Waals surface area (Å²) in [5, 5.41) is 22.5. The zero-order valence-electron chi connectivity index (χ0n) is 17.6. The Morgan fingerprint density at radius 1 is 1.22 bits per heavy atom. The van der Waals surface area contributed by atoms with Crippen molar-refractivity contribution in [3.63, 3.8) is 0 Å². The van der Waals surface area contributed by atoms with Crippen LogP contribution in [0.15, 0.2) is 53.3 Å². The lowest BCUT2D eigenvalue weighted by Gasteiger charge is -2.09. The summed E-state index contributed by atoms with van der Waals surface area (Å²) < 4.78 is 5.28. The molecule has 0 unspecified atom stereocenters. The SMILES string of the molecule is Cc1nnc([C@](C)(O)C#Cc2cccc(-c3cc(C)n(NC(=O)c4ccncn4)n3)c2)o1. The summed E-state index contributed by atoms with van der Waals surface area (Å²) in [6.07, 6.45) is 2.80. The van der Waals surface area contributed by atoms with Gasteiger partial charge in [0.25, 0.3) is 11.8 Å². The van der Waals surface area contributed by atoms with Gasteiger partial charge in [0.05, 0.1) is 11.4 Å². The molecule has 3 heterocycles. The molecule has 1 amide bonds. The molecule has 1 aromatic carbocycles. The predicted octanol–water partition coefficient (Wildman–Crippen LogP) is 1.98. The van der Waals surface area contributed by atoms with Crippen LogP contribution < -0.4 is 5.43 Å². The van der Waals surface area contributed by atoms with Crippen molar-refractivity contribution in [2.75, 3.05) is 5.43 Å². The topological polar surface area (TPSA) is 132 Å². The quantitative estimate of drug-likeness (QED) is 0.471. The molecule has 0 spiro atoms.